The summed E-state index contributed by atoms with van der Waals surface area (Å²) in [5.41, 5.74) is 1.88. The summed E-state index contributed by atoms with van der Waals surface area (Å²) < 4.78 is 0. The first-order valence-electron chi connectivity index (χ1n) is 7.02. The van der Waals surface area contributed by atoms with Crippen molar-refractivity contribution in [3.8, 4) is 30.3 Å². The molecule has 1 saturated carbocycles. The van der Waals surface area contributed by atoms with E-state index >= 15 is 0 Å². The summed E-state index contributed by atoms with van der Waals surface area (Å²) in [7, 11) is 0. The number of aromatic amines is 1. The van der Waals surface area contributed by atoms with Gasteiger partial charge in [0.25, 0.3) is 0 Å². The molecule has 1 aliphatic carbocycles. The summed E-state index contributed by atoms with van der Waals surface area (Å²) in [5, 5.41) is 47.0. The quantitative estimate of drug-likeness (QED) is 0.806. The van der Waals surface area contributed by atoms with Gasteiger partial charge in [-0.25, -0.2) is 0 Å². The minimum absolute atomic E-state index is 0.200. The molecule has 1 fully saturated rings. The van der Waals surface area contributed by atoms with Crippen LogP contribution in [0.2, 0.25) is 0 Å². The maximum Gasteiger partial charge on any atom is 0.138 e. The molecule has 0 amide bonds. The highest BCUT2D eigenvalue weighted by molar-refractivity contribution is 6.01. The number of hydrogen-bond acceptors (Lipinski definition) is 5. The first kappa shape index (κ1) is 15.3. The van der Waals surface area contributed by atoms with Crippen LogP contribution in [0.1, 0.15) is 5.56 Å². The molecule has 0 radical (unpaired) electrons. The Balaban J connectivity index is 2.35. The van der Waals surface area contributed by atoms with Gasteiger partial charge >= 0.3 is 0 Å². The molecule has 1 heterocycles. The van der Waals surface area contributed by atoms with Crippen LogP contribution in [-0.4, -0.2) is 4.98 Å². The Morgan fingerprint density at radius 1 is 0.720 bits per heavy atom. The van der Waals surface area contributed by atoms with Gasteiger partial charge in [-0.2, -0.15) is 26.3 Å². The minimum Gasteiger partial charge on any atom is -0.361 e. The molecule has 0 aliphatic heterocycles. The van der Waals surface area contributed by atoms with Gasteiger partial charge in [-0.1, -0.05) is 12.1 Å². The highest BCUT2D eigenvalue weighted by atomic mass is 14.7. The van der Waals surface area contributed by atoms with Crippen molar-refractivity contribution in [2.75, 3.05) is 0 Å². The number of nitrogens with zero attached hydrogens (tertiary/aromatic N) is 5. The Labute approximate surface area is 142 Å². The van der Waals surface area contributed by atoms with Crippen molar-refractivity contribution in [2.45, 2.75) is 0 Å². The highest BCUT2D eigenvalue weighted by Crippen LogP contribution is 2.52. The fraction of sp³-hybridized carbons (Fsp3) is 0. The minimum atomic E-state index is -0.221. The molecule has 0 atom stereocenters. The normalized spacial score (nSPS) is 11.6. The molecule has 1 aromatic carbocycles. The van der Waals surface area contributed by atoms with Gasteiger partial charge in [0.05, 0.1) is 5.57 Å². The zero-order chi connectivity index (χ0) is 18.0. The van der Waals surface area contributed by atoms with Gasteiger partial charge in [-0.05, 0) is 23.1 Å². The molecule has 0 unspecified atom stereocenters. The average molecular weight is 318 g/mol. The third-order valence-electron chi connectivity index (χ3n) is 3.84. The number of allylic oxidation sites excluding steroid dienone is 6. The van der Waals surface area contributed by atoms with Crippen LogP contribution >= 0.6 is 0 Å². The number of nitriles is 5. The van der Waals surface area contributed by atoms with E-state index in [1.807, 2.05) is 12.1 Å². The van der Waals surface area contributed by atoms with E-state index in [1.54, 1.807) is 42.6 Å². The molecule has 1 aliphatic rings. The molecule has 6 nitrogen and oxygen atoms in total. The van der Waals surface area contributed by atoms with Gasteiger partial charge in [-0.3, -0.25) is 0 Å². The maximum atomic E-state index is 9.61. The van der Waals surface area contributed by atoms with Crippen molar-refractivity contribution in [1.82, 2.24) is 4.98 Å². The molecule has 1 N–H and O–H groups in total. The predicted molar refractivity (Wildman–Crippen MR) is 87.3 cm³/mol. The van der Waals surface area contributed by atoms with Gasteiger partial charge in [0.1, 0.15) is 41.5 Å². The van der Waals surface area contributed by atoms with Crippen LogP contribution in [0.4, 0.5) is 0 Å². The summed E-state index contributed by atoms with van der Waals surface area (Å²) in [6.45, 7) is 0. The van der Waals surface area contributed by atoms with E-state index in [2.05, 4.69) is 11.1 Å². The van der Waals surface area contributed by atoms with Crippen molar-refractivity contribution in [2.24, 2.45) is 0 Å². The Morgan fingerprint density at radius 2 is 1.32 bits per heavy atom. The first-order valence-corrected chi connectivity index (χ1v) is 7.02. The second kappa shape index (κ2) is 5.91. The van der Waals surface area contributed by atoms with E-state index in [1.165, 1.54) is 0 Å². The fourth-order valence-electron chi connectivity index (χ4n) is 2.68. The smallest absolute Gasteiger partial charge is 0.138 e. The van der Waals surface area contributed by atoms with Crippen LogP contribution in [-0.2, 0) is 0 Å². The van der Waals surface area contributed by atoms with Gasteiger partial charge in [0.2, 0.25) is 0 Å². The van der Waals surface area contributed by atoms with Gasteiger partial charge in [0, 0.05) is 28.4 Å². The lowest BCUT2D eigenvalue weighted by Crippen LogP contribution is -1.82. The number of aromatic nitrogens is 1. The maximum absolute atomic E-state index is 9.61. The average Bonchev–Trinajstić information content (AvgIpc) is 3.14. The van der Waals surface area contributed by atoms with E-state index in [-0.39, 0.29) is 27.9 Å². The zero-order valence-electron chi connectivity index (χ0n) is 12.6. The van der Waals surface area contributed by atoms with Crippen LogP contribution in [0.15, 0.2) is 58.3 Å². The molecule has 6 heteroatoms. The Morgan fingerprint density at radius 3 is 1.84 bits per heavy atom. The zero-order valence-corrected chi connectivity index (χ0v) is 12.6. The van der Waals surface area contributed by atoms with Crippen LogP contribution < -0.4 is 0 Å². The van der Waals surface area contributed by atoms with E-state index in [4.69, 9.17) is 21.0 Å². The molecular formula is C19H6N6. The number of rotatable bonds is 1. The molecule has 0 spiro atoms. The van der Waals surface area contributed by atoms with Gasteiger partial charge in [0.15, 0.2) is 0 Å². The Kier molecular flexibility index (Phi) is 3.62. The lowest BCUT2D eigenvalue weighted by atomic mass is 10.0. The molecule has 0 saturated heterocycles. The number of fused-ring (bicyclic) bond motifs is 1. The van der Waals surface area contributed by atoms with Crippen molar-refractivity contribution >= 4 is 16.5 Å². The number of benzene rings is 1. The largest absolute Gasteiger partial charge is 0.361 e. The molecular weight excluding hydrogens is 312 g/mol. The SMILES string of the molecule is N#CC(C#N)=C1C(=C(C#N)C#N)C1=C(C#N)c1ccc2cc[nH]c2c1. The molecule has 2 aromatic rings. The van der Waals surface area contributed by atoms with Gasteiger partial charge in [-0.15, -0.1) is 0 Å². The predicted octanol–water partition coefficient (Wildman–Crippen LogP) is 3.15. The Bertz CT molecular complexity index is 1150. The van der Waals surface area contributed by atoms with Crippen molar-refractivity contribution in [3.63, 3.8) is 0 Å². The van der Waals surface area contributed by atoms with E-state index in [9.17, 15) is 5.26 Å². The molecule has 3 rings (SSSR count). The molecule has 1 aromatic heterocycles. The summed E-state index contributed by atoms with van der Waals surface area (Å²) in [6.07, 6.45) is 1.77. The summed E-state index contributed by atoms with van der Waals surface area (Å²) in [5.74, 6) is 0. The molecule has 0 bridgehead atoms. The number of H-pyrrole nitrogens is 1. The lowest BCUT2D eigenvalue weighted by molar-refractivity contribution is 1.45. The third kappa shape index (κ3) is 2.32. The monoisotopic (exact) mass is 318 g/mol. The van der Waals surface area contributed by atoms with E-state index in [0.29, 0.717) is 11.1 Å². The van der Waals surface area contributed by atoms with Crippen LogP contribution in [0.25, 0.3) is 16.5 Å². The van der Waals surface area contributed by atoms with Crippen molar-refractivity contribution in [1.29, 1.82) is 26.3 Å². The van der Waals surface area contributed by atoms with Crippen LogP contribution in [0.5, 0.6) is 0 Å². The number of hydrogen-bond donors (Lipinski definition) is 1. The molecule has 25 heavy (non-hydrogen) atoms. The van der Waals surface area contributed by atoms with Crippen molar-refractivity contribution < 1.29 is 0 Å². The standard InChI is InChI=1S/C19H6N6/c20-6-13(7-21)17-18(14(8-22)9-23)19(17)15(10-24)12-2-1-11-3-4-25-16(11)5-12/h1-5,25H. The first-order chi connectivity index (χ1) is 12.2. The topological polar surface area (TPSA) is 135 Å². The van der Waals surface area contributed by atoms with E-state index in [0.717, 1.165) is 10.9 Å². The van der Waals surface area contributed by atoms with Crippen LogP contribution in [0, 0.1) is 56.7 Å². The summed E-state index contributed by atoms with van der Waals surface area (Å²) >= 11 is 0. The third-order valence-corrected chi connectivity index (χ3v) is 3.84. The summed E-state index contributed by atoms with van der Waals surface area (Å²) in [4.78, 5) is 3.05. The Hall–Kier alpha value is -4.57. The molecule has 112 valence electrons. The van der Waals surface area contributed by atoms with E-state index < -0.39 is 0 Å². The van der Waals surface area contributed by atoms with Crippen LogP contribution in [0.3, 0.4) is 0 Å². The second-order valence-electron chi connectivity index (χ2n) is 5.09. The highest BCUT2D eigenvalue weighted by Gasteiger charge is 2.41. The van der Waals surface area contributed by atoms with Crippen molar-refractivity contribution in [3.05, 3.63) is 63.9 Å². The lowest BCUT2D eigenvalue weighted by Gasteiger charge is -1.98. The van der Waals surface area contributed by atoms with Gasteiger partial charge < -0.3 is 4.98 Å². The number of nitrogens with one attached hydrogen (secondary N) is 1. The second-order valence-corrected chi connectivity index (χ2v) is 5.09. The fourth-order valence-corrected chi connectivity index (χ4v) is 2.68. The summed E-state index contributed by atoms with van der Waals surface area (Å²) in [6, 6.07) is 16.3.